The van der Waals surface area contributed by atoms with Gasteiger partial charge in [0.25, 0.3) is 0 Å². The van der Waals surface area contributed by atoms with Gasteiger partial charge >= 0.3 is 0 Å². The summed E-state index contributed by atoms with van der Waals surface area (Å²) in [6.07, 6.45) is 4.96. The Morgan fingerprint density at radius 3 is 2.71 bits per heavy atom. The molecule has 2 atom stereocenters. The summed E-state index contributed by atoms with van der Waals surface area (Å²) in [4.78, 5) is 0. The molecule has 0 amide bonds. The van der Waals surface area contributed by atoms with Crippen molar-refractivity contribution in [1.82, 2.24) is 5.32 Å². The van der Waals surface area contributed by atoms with Gasteiger partial charge in [-0.3, -0.25) is 0 Å². The Labute approximate surface area is 111 Å². The van der Waals surface area contributed by atoms with Crippen LogP contribution in [0.5, 0.6) is 0 Å². The highest BCUT2D eigenvalue weighted by Gasteiger charge is 2.31. The molecule has 1 rings (SSSR count). The van der Waals surface area contributed by atoms with Crippen molar-refractivity contribution in [2.24, 2.45) is 11.3 Å². The Morgan fingerprint density at radius 2 is 2.06 bits per heavy atom. The second-order valence-corrected chi connectivity index (χ2v) is 7.48. The number of thioether (sulfide) groups is 1. The summed E-state index contributed by atoms with van der Waals surface area (Å²) in [5, 5.41) is 12.4. The molecule has 1 aliphatic rings. The fourth-order valence-corrected chi connectivity index (χ4v) is 3.90. The summed E-state index contributed by atoms with van der Waals surface area (Å²) in [6, 6.07) is 0.715. The molecule has 0 aromatic carbocycles. The minimum absolute atomic E-state index is 0.328. The van der Waals surface area contributed by atoms with Gasteiger partial charge in [-0.05, 0) is 42.8 Å². The predicted octanol–water partition coefficient (Wildman–Crippen LogP) is 2.91. The highest BCUT2D eigenvalue weighted by molar-refractivity contribution is 7.99. The van der Waals surface area contributed by atoms with Gasteiger partial charge in [0.2, 0.25) is 0 Å². The van der Waals surface area contributed by atoms with Gasteiger partial charge < -0.3 is 10.4 Å². The molecule has 0 radical (unpaired) electrons. The molecule has 2 unspecified atom stereocenters. The second kappa shape index (κ2) is 7.65. The molecule has 1 aliphatic carbocycles. The SMILES string of the molecule is CC1CC(NCCSCCCO)CC(C)(C)C1. The second-order valence-electron chi connectivity index (χ2n) is 6.25. The van der Waals surface area contributed by atoms with Crippen LogP contribution in [0.4, 0.5) is 0 Å². The van der Waals surface area contributed by atoms with Crippen LogP contribution in [0.25, 0.3) is 0 Å². The number of aliphatic hydroxyl groups excluding tert-OH is 1. The van der Waals surface area contributed by atoms with Crippen LogP contribution in [0.2, 0.25) is 0 Å². The number of rotatable bonds is 7. The maximum Gasteiger partial charge on any atom is 0.0438 e. The standard InChI is InChI=1S/C14H29NOS/c1-12-9-13(11-14(2,3)10-12)15-5-8-17-7-4-6-16/h12-13,15-16H,4-11H2,1-3H3. The number of aliphatic hydroxyl groups is 1. The normalized spacial score (nSPS) is 28.2. The van der Waals surface area contributed by atoms with Crippen LogP contribution in [-0.2, 0) is 0 Å². The maximum absolute atomic E-state index is 8.68. The summed E-state index contributed by atoms with van der Waals surface area (Å²) >= 11 is 1.94. The number of hydrogen-bond acceptors (Lipinski definition) is 3. The van der Waals surface area contributed by atoms with E-state index in [9.17, 15) is 0 Å². The zero-order chi connectivity index (χ0) is 12.7. The van der Waals surface area contributed by atoms with E-state index in [4.69, 9.17) is 5.11 Å². The van der Waals surface area contributed by atoms with Gasteiger partial charge in [0.1, 0.15) is 0 Å². The van der Waals surface area contributed by atoms with Gasteiger partial charge in [-0.2, -0.15) is 11.8 Å². The minimum Gasteiger partial charge on any atom is -0.396 e. The Kier molecular flexibility index (Phi) is 6.90. The molecule has 17 heavy (non-hydrogen) atoms. The number of hydrogen-bond donors (Lipinski definition) is 2. The third kappa shape index (κ3) is 6.68. The molecular weight excluding hydrogens is 230 g/mol. The van der Waals surface area contributed by atoms with E-state index in [0.29, 0.717) is 18.1 Å². The Hall–Kier alpha value is 0.270. The third-order valence-corrected chi connectivity index (χ3v) is 4.58. The van der Waals surface area contributed by atoms with Gasteiger partial charge in [0.15, 0.2) is 0 Å². The molecule has 0 aromatic rings. The van der Waals surface area contributed by atoms with Crippen LogP contribution < -0.4 is 5.32 Å². The smallest absolute Gasteiger partial charge is 0.0438 e. The highest BCUT2D eigenvalue weighted by Crippen LogP contribution is 2.38. The van der Waals surface area contributed by atoms with Crippen molar-refractivity contribution in [3.63, 3.8) is 0 Å². The largest absolute Gasteiger partial charge is 0.396 e. The molecule has 0 heterocycles. The fraction of sp³-hybridized carbons (Fsp3) is 1.00. The Morgan fingerprint density at radius 1 is 1.29 bits per heavy atom. The molecule has 0 bridgehead atoms. The highest BCUT2D eigenvalue weighted by atomic mass is 32.2. The molecule has 0 saturated heterocycles. The Balaban J connectivity index is 2.10. The molecular formula is C14H29NOS. The van der Waals surface area contributed by atoms with E-state index in [-0.39, 0.29) is 0 Å². The predicted molar refractivity (Wildman–Crippen MR) is 77.6 cm³/mol. The minimum atomic E-state index is 0.328. The lowest BCUT2D eigenvalue weighted by Gasteiger charge is -2.39. The van der Waals surface area contributed by atoms with E-state index in [1.807, 2.05) is 11.8 Å². The molecule has 0 aliphatic heterocycles. The molecule has 0 spiro atoms. The van der Waals surface area contributed by atoms with Crippen LogP contribution in [-0.4, -0.2) is 35.8 Å². The van der Waals surface area contributed by atoms with Crippen molar-refractivity contribution in [2.45, 2.75) is 52.5 Å². The van der Waals surface area contributed by atoms with Crippen LogP contribution >= 0.6 is 11.8 Å². The first-order valence-electron chi connectivity index (χ1n) is 6.95. The average Bonchev–Trinajstić information content (AvgIpc) is 2.20. The first-order chi connectivity index (χ1) is 8.03. The van der Waals surface area contributed by atoms with Crippen molar-refractivity contribution < 1.29 is 5.11 Å². The van der Waals surface area contributed by atoms with Crippen molar-refractivity contribution in [3.8, 4) is 0 Å². The molecule has 2 nitrogen and oxygen atoms in total. The van der Waals surface area contributed by atoms with E-state index in [1.165, 1.54) is 25.0 Å². The van der Waals surface area contributed by atoms with Crippen molar-refractivity contribution in [1.29, 1.82) is 0 Å². The van der Waals surface area contributed by atoms with Gasteiger partial charge in [0, 0.05) is 24.9 Å². The van der Waals surface area contributed by atoms with E-state index < -0.39 is 0 Å². The molecule has 1 saturated carbocycles. The molecule has 0 aromatic heterocycles. The first kappa shape index (κ1) is 15.3. The Bertz CT molecular complexity index is 208. The number of nitrogens with one attached hydrogen (secondary N) is 1. The zero-order valence-electron chi connectivity index (χ0n) is 11.7. The lowest BCUT2D eigenvalue weighted by Crippen LogP contribution is -2.41. The third-order valence-electron chi connectivity index (χ3n) is 3.51. The maximum atomic E-state index is 8.68. The van der Waals surface area contributed by atoms with Crippen molar-refractivity contribution in [3.05, 3.63) is 0 Å². The first-order valence-corrected chi connectivity index (χ1v) is 8.11. The molecule has 2 N–H and O–H groups in total. The fourth-order valence-electron chi connectivity index (χ4n) is 3.11. The lowest BCUT2D eigenvalue weighted by molar-refractivity contribution is 0.153. The van der Waals surface area contributed by atoms with E-state index >= 15 is 0 Å². The van der Waals surface area contributed by atoms with Crippen LogP contribution in [0.15, 0.2) is 0 Å². The van der Waals surface area contributed by atoms with Crippen LogP contribution in [0.1, 0.15) is 46.5 Å². The molecule has 102 valence electrons. The van der Waals surface area contributed by atoms with E-state index in [1.54, 1.807) is 0 Å². The summed E-state index contributed by atoms with van der Waals surface area (Å²) in [5.74, 6) is 3.12. The average molecular weight is 259 g/mol. The van der Waals surface area contributed by atoms with Crippen LogP contribution in [0.3, 0.4) is 0 Å². The summed E-state index contributed by atoms with van der Waals surface area (Å²) in [7, 11) is 0. The zero-order valence-corrected chi connectivity index (χ0v) is 12.5. The quantitative estimate of drug-likeness (QED) is 0.690. The van der Waals surface area contributed by atoms with Gasteiger partial charge in [-0.15, -0.1) is 0 Å². The molecule has 3 heteroatoms. The lowest BCUT2D eigenvalue weighted by atomic mass is 9.70. The topological polar surface area (TPSA) is 32.3 Å². The van der Waals surface area contributed by atoms with E-state index in [0.717, 1.165) is 24.6 Å². The van der Waals surface area contributed by atoms with Crippen molar-refractivity contribution >= 4 is 11.8 Å². The van der Waals surface area contributed by atoms with E-state index in [2.05, 4.69) is 26.1 Å². The van der Waals surface area contributed by atoms with Crippen LogP contribution in [0, 0.1) is 11.3 Å². The summed E-state index contributed by atoms with van der Waals surface area (Å²) < 4.78 is 0. The van der Waals surface area contributed by atoms with Gasteiger partial charge in [-0.1, -0.05) is 20.8 Å². The summed E-state index contributed by atoms with van der Waals surface area (Å²) in [5.41, 5.74) is 0.513. The summed E-state index contributed by atoms with van der Waals surface area (Å²) in [6.45, 7) is 8.62. The monoisotopic (exact) mass is 259 g/mol. The van der Waals surface area contributed by atoms with Gasteiger partial charge in [0.05, 0.1) is 0 Å². The molecule has 1 fully saturated rings. The van der Waals surface area contributed by atoms with Gasteiger partial charge in [-0.25, -0.2) is 0 Å². The van der Waals surface area contributed by atoms with Crippen molar-refractivity contribution in [2.75, 3.05) is 24.7 Å².